The van der Waals surface area contributed by atoms with E-state index in [0.29, 0.717) is 19.0 Å². The average molecular weight is 325 g/mol. The van der Waals surface area contributed by atoms with Crippen LogP contribution in [0.1, 0.15) is 40.3 Å². The Morgan fingerprint density at radius 2 is 1.83 bits per heavy atom. The zero-order valence-corrected chi connectivity index (χ0v) is 14.5. The standard InChI is InChI=1S/C19H23N3O2/c1-13-6-4-5-7-17(13)19(23)22-10-8-16(9-11-22)24-18-12-14(2)20-15(3)21-18/h4-7,12,16H,8-11H2,1-3H3. The van der Waals surface area contributed by atoms with Gasteiger partial charge in [0.1, 0.15) is 11.9 Å². The van der Waals surface area contributed by atoms with Gasteiger partial charge in [0.2, 0.25) is 5.88 Å². The Hall–Kier alpha value is -2.43. The number of carbonyl (C=O) groups excluding carboxylic acids is 1. The molecule has 1 aliphatic rings. The highest BCUT2D eigenvalue weighted by molar-refractivity contribution is 5.95. The van der Waals surface area contributed by atoms with Crippen molar-refractivity contribution in [3.05, 3.63) is 53.0 Å². The molecule has 0 saturated carbocycles. The lowest BCUT2D eigenvalue weighted by Crippen LogP contribution is -2.42. The van der Waals surface area contributed by atoms with Crippen molar-refractivity contribution in [2.75, 3.05) is 13.1 Å². The minimum atomic E-state index is 0.0969. The largest absolute Gasteiger partial charge is 0.474 e. The van der Waals surface area contributed by atoms with E-state index in [1.807, 2.05) is 56.0 Å². The molecule has 0 atom stereocenters. The first-order valence-corrected chi connectivity index (χ1v) is 8.37. The summed E-state index contributed by atoms with van der Waals surface area (Å²) in [4.78, 5) is 23.1. The van der Waals surface area contributed by atoms with Crippen molar-refractivity contribution in [2.45, 2.75) is 39.7 Å². The topological polar surface area (TPSA) is 55.3 Å². The molecule has 5 heteroatoms. The van der Waals surface area contributed by atoms with E-state index in [9.17, 15) is 4.79 Å². The van der Waals surface area contributed by atoms with Crippen LogP contribution in [0.15, 0.2) is 30.3 Å². The summed E-state index contributed by atoms with van der Waals surface area (Å²) in [5.41, 5.74) is 2.72. The summed E-state index contributed by atoms with van der Waals surface area (Å²) in [6.45, 7) is 7.19. The van der Waals surface area contributed by atoms with Crippen LogP contribution in [0.3, 0.4) is 0 Å². The highest BCUT2D eigenvalue weighted by Crippen LogP contribution is 2.20. The SMILES string of the molecule is Cc1cc(OC2CCN(C(=O)c3ccccc3C)CC2)nc(C)n1. The summed E-state index contributed by atoms with van der Waals surface area (Å²) in [7, 11) is 0. The van der Waals surface area contributed by atoms with Crippen LogP contribution in [0, 0.1) is 20.8 Å². The first-order chi connectivity index (χ1) is 11.5. The number of rotatable bonds is 3. The minimum absolute atomic E-state index is 0.0969. The van der Waals surface area contributed by atoms with Crippen molar-refractivity contribution in [2.24, 2.45) is 0 Å². The lowest BCUT2D eigenvalue weighted by molar-refractivity contribution is 0.0586. The fraction of sp³-hybridized carbons (Fsp3) is 0.421. The van der Waals surface area contributed by atoms with Crippen LogP contribution in [0.25, 0.3) is 0 Å². The Balaban J connectivity index is 1.59. The quantitative estimate of drug-likeness (QED) is 0.870. The number of aromatic nitrogens is 2. The Kier molecular flexibility index (Phi) is 4.79. The molecule has 2 heterocycles. The fourth-order valence-electron chi connectivity index (χ4n) is 3.07. The number of nitrogens with zero attached hydrogens (tertiary/aromatic N) is 3. The molecule has 0 N–H and O–H groups in total. The Bertz CT molecular complexity index is 717. The first-order valence-electron chi connectivity index (χ1n) is 8.37. The van der Waals surface area contributed by atoms with E-state index < -0.39 is 0 Å². The number of ether oxygens (including phenoxy) is 1. The lowest BCUT2D eigenvalue weighted by atomic mass is 10.0. The normalized spacial score (nSPS) is 15.4. The predicted molar refractivity (Wildman–Crippen MR) is 92.2 cm³/mol. The van der Waals surface area contributed by atoms with Crippen molar-refractivity contribution in [1.29, 1.82) is 0 Å². The molecule has 5 nitrogen and oxygen atoms in total. The molecular formula is C19H23N3O2. The van der Waals surface area contributed by atoms with Gasteiger partial charge in [-0.2, -0.15) is 4.98 Å². The molecule has 1 fully saturated rings. The first kappa shape index (κ1) is 16.4. The number of carbonyl (C=O) groups is 1. The Labute approximate surface area is 142 Å². The second-order valence-corrected chi connectivity index (χ2v) is 6.32. The Morgan fingerprint density at radius 1 is 1.12 bits per heavy atom. The highest BCUT2D eigenvalue weighted by atomic mass is 16.5. The molecule has 126 valence electrons. The van der Waals surface area contributed by atoms with Gasteiger partial charge in [-0.25, -0.2) is 4.98 Å². The summed E-state index contributed by atoms with van der Waals surface area (Å²) in [5.74, 6) is 1.46. The molecule has 0 aliphatic carbocycles. The third-order valence-electron chi connectivity index (χ3n) is 4.33. The van der Waals surface area contributed by atoms with E-state index in [1.54, 1.807) is 0 Å². The van der Waals surface area contributed by atoms with Crippen LogP contribution in [-0.4, -0.2) is 40.0 Å². The summed E-state index contributed by atoms with van der Waals surface area (Å²) < 4.78 is 5.99. The fourth-order valence-corrected chi connectivity index (χ4v) is 3.07. The van der Waals surface area contributed by atoms with Gasteiger partial charge < -0.3 is 9.64 Å². The van der Waals surface area contributed by atoms with Crippen LogP contribution in [0.2, 0.25) is 0 Å². The van der Waals surface area contributed by atoms with Gasteiger partial charge in [0.15, 0.2) is 0 Å². The zero-order valence-electron chi connectivity index (χ0n) is 14.5. The number of aryl methyl sites for hydroxylation is 3. The molecule has 0 spiro atoms. The van der Waals surface area contributed by atoms with Crippen LogP contribution in [0.4, 0.5) is 0 Å². The number of piperidine rings is 1. The molecule has 1 aromatic heterocycles. The molecule has 1 aromatic carbocycles. The predicted octanol–water partition coefficient (Wildman–Crippen LogP) is 3.09. The number of benzene rings is 1. The molecule has 1 aliphatic heterocycles. The van der Waals surface area contributed by atoms with Gasteiger partial charge in [0, 0.05) is 43.3 Å². The van der Waals surface area contributed by atoms with Gasteiger partial charge in [-0.15, -0.1) is 0 Å². The van der Waals surface area contributed by atoms with Crippen LogP contribution in [-0.2, 0) is 0 Å². The van der Waals surface area contributed by atoms with Crippen LogP contribution < -0.4 is 4.74 Å². The van der Waals surface area contributed by atoms with Gasteiger partial charge in [-0.05, 0) is 32.4 Å². The van der Waals surface area contributed by atoms with Crippen molar-refractivity contribution in [3.8, 4) is 5.88 Å². The lowest BCUT2D eigenvalue weighted by Gasteiger charge is -2.32. The van der Waals surface area contributed by atoms with Gasteiger partial charge in [-0.3, -0.25) is 4.79 Å². The smallest absolute Gasteiger partial charge is 0.254 e. The molecule has 0 bridgehead atoms. The molecule has 0 radical (unpaired) electrons. The van der Waals surface area contributed by atoms with Crippen molar-refractivity contribution < 1.29 is 9.53 Å². The maximum atomic E-state index is 12.6. The maximum absolute atomic E-state index is 12.6. The third-order valence-corrected chi connectivity index (χ3v) is 4.33. The third kappa shape index (κ3) is 3.72. The van der Waals surface area contributed by atoms with Crippen molar-refractivity contribution >= 4 is 5.91 Å². The number of likely N-dealkylation sites (tertiary alicyclic amines) is 1. The van der Waals surface area contributed by atoms with Crippen molar-refractivity contribution in [3.63, 3.8) is 0 Å². The number of hydrogen-bond acceptors (Lipinski definition) is 4. The molecular weight excluding hydrogens is 302 g/mol. The van der Waals surface area contributed by atoms with Gasteiger partial charge in [-0.1, -0.05) is 18.2 Å². The maximum Gasteiger partial charge on any atom is 0.254 e. The highest BCUT2D eigenvalue weighted by Gasteiger charge is 2.25. The molecule has 24 heavy (non-hydrogen) atoms. The van der Waals surface area contributed by atoms with Gasteiger partial charge >= 0.3 is 0 Å². The van der Waals surface area contributed by atoms with E-state index in [4.69, 9.17) is 4.74 Å². The summed E-state index contributed by atoms with van der Waals surface area (Å²) in [6, 6.07) is 9.60. The van der Waals surface area contributed by atoms with E-state index in [-0.39, 0.29) is 12.0 Å². The van der Waals surface area contributed by atoms with E-state index in [1.165, 1.54) is 0 Å². The van der Waals surface area contributed by atoms with Crippen LogP contribution in [0.5, 0.6) is 5.88 Å². The van der Waals surface area contributed by atoms with E-state index in [2.05, 4.69) is 9.97 Å². The monoisotopic (exact) mass is 325 g/mol. The summed E-state index contributed by atoms with van der Waals surface area (Å²) in [5, 5.41) is 0. The Morgan fingerprint density at radius 3 is 2.50 bits per heavy atom. The average Bonchev–Trinajstić information content (AvgIpc) is 2.54. The molecule has 1 saturated heterocycles. The molecule has 3 rings (SSSR count). The summed E-state index contributed by atoms with van der Waals surface area (Å²) in [6.07, 6.45) is 1.74. The molecule has 1 amide bonds. The zero-order chi connectivity index (χ0) is 17.1. The van der Waals surface area contributed by atoms with Gasteiger partial charge in [0.05, 0.1) is 0 Å². The molecule has 0 unspecified atom stereocenters. The summed E-state index contributed by atoms with van der Waals surface area (Å²) >= 11 is 0. The minimum Gasteiger partial charge on any atom is -0.474 e. The van der Waals surface area contributed by atoms with E-state index in [0.717, 1.165) is 35.5 Å². The molecule has 2 aromatic rings. The number of amides is 1. The second-order valence-electron chi connectivity index (χ2n) is 6.32. The van der Waals surface area contributed by atoms with Crippen LogP contribution >= 0.6 is 0 Å². The van der Waals surface area contributed by atoms with E-state index >= 15 is 0 Å². The second kappa shape index (κ2) is 6.99. The van der Waals surface area contributed by atoms with Crippen molar-refractivity contribution in [1.82, 2.24) is 14.9 Å². The number of hydrogen-bond donors (Lipinski definition) is 0. The van der Waals surface area contributed by atoms with Gasteiger partial charge in [0.25, 0.3) is 5.91 Å².